The minimum atomic E-state index is -2.16. The largest absolute Gasteiger partial charge is 0.510 e. The van der Waals surface area contributed by atoms with Gasteiger partial charge < -0.3 is 24.1 Å². The molecule has 10 nitrogen and oxygen atoms in total. The first-order chi connectivity index (χ1) is 13.8. The van der Waals surface area contributed by atoms with Crippen LogP contribution < -0.4 is 14.8 Å². The van der Waals surface area contributed by atoms with Gasteiger partial charge in [0.1, 0.15) is 0 Å². The Bertz CT molecular complexity index is 803. The molecule has 0 bridgehead atoms. The fourth-order valence-electron chi connectivity index (χ4n) is 2.55. The van der Waals surface area contributed by atoms with E-state index in [1.54, 1.807) is 27.7 Å². The third-order valence-electron chi connectivity index (χ3n) is 3.43. The van der Waals surface area contributed by atoms with Crippen molar-refractivity contribution in [2.45, 2.75) is 65.8 Å². The van der Waals surface area contributed by atoms with E-state index >= 15 is 0 Å². The number of aliphatic carboxylic acids is 1. The van der Waals surface area contributed by atoms with Crippen LogP contribution >= 0.6 is 0 Å². The quantitative estimate of drug-likeness (QED) is 0.345. The summed E-state index contributed by atoms with van der Waals surface area (Å²) in [5, 5.41) is 12.6. The van der Waals surface area contributed by atoms with Gasteiger partial charge in [-0.05, 0) is 45.4 Å². The summed E-state index contributed by atoms with van der Waals surface area (Å²) in [7, 11) is 0. The van der Waals surface area contributed by atoms with Gasteiger partial charge in [-0.3, -0.25) is 14.9 Å². The Kier molecular flexibility index (Phi) is 8.78. The van der Waals surface area contributed by atoms with Crippen molar-refractivity contribution in [3.8, 4) is 11.5 Å². The van der Waals surface area contributed by atoms with Crippen molar-refractivity contribution in [3.63, 3.8) is 0 Å². The van der Waals surface area contributed by atoms with Crippen LogP contribution in [0.5, 0.6) is 11.5 Å². The predicted molar refractivity (Wildman–Crippen MR) is 104 cm³/mol. The van der Waals surface area contributed by atoms with Crippen molar-refractivity contribution in [1.29, 1.82) is 0 Å². The zero-order valence-corrected chi connectivity index (χ0v) is 17.8. The number of nitrogens with one attached hydrogen (secondary N) is 1. The Morgan fingerprint density at radius 3 is 2.03 bits per heavy atom. The Balaban J connectivity index is 3.35. The molecule has 0 aliphatic heterocycles. The summed E-state index contributed by atoms with van der Waals surface area (Å²) in [6, 6.07) is 3.77. The lowest BCUT2D eigenvalue weighted by Gasteiger charge is -2.32. The van der Waals surface area contributed by atoms with E-state index in [1.165, 1.54) is 25.1 Å². The number of carboxylic acid groups (broad SMARTS) is 1. The van der Waals surface area contributed by atoms with Gasteiger partial charge >= 0.3 is 24.1 Å². The molecule has 0 heterocycles. The van der Waals surface area contributed by atoms with Gasteiger partial charge in [0.2, 0.25) is 0 Å². The van der Waals surface area contributed by atoms with Crippen LogP contribution in [0.25, 0.3) is 0 Å². The number of hydrogen-bond donors (Lipinski definition) is 2. The molecule has 0 fully saturated rings. The topological polar surface area (TPSA) is 137 Å². The van der Waals surface area contributed by atoms with Gasteiger partial charge in [0.25, 0.3) is 5.72 Å². The highest BCUT2D eigenvalue weighted by Gasteiger charge is 2.44. The fourth-order valence-corrected chi connectivity index (χ4v) is 2.55. The van der Waals surface area contributed by atoms with E-state index in [4.69, 9.17) is 18.9 Å². The van der Waals surface area contributed by atoms with Crippen molar-refractivity contribution in [2.24, 2.45) is 0 Å². The smallest absolute Gasteiger partial charge is 0.477 e. The van der Waals surface area contributed by atoms with Crippen LogP contribution in [0.3, 0.4) is 0 Å². The third-order valence-corrected chi connectivity index (χ3v) is 3.43. The van der Waals surface area contributed by atoms with Crippen molar-refractivity contribution >= 4 is 24.1 Å². The van der Waals surface area contributed by atoms with E-state index in [9.17, 15) is 24.3 Å². The summed E-state index contributed by atoms with van der Waals surface area (Å²) in [5.74, 6) is -2.84. The molecule has 0 aliphatic carbocycles. The SMILES string of the molecule is CC(=O)Oc1ccc(C[C@](NC(C)C)(OC(=O)OC(C)C)C(=O)O)cc1OC(C)=O. The molecule has 2 N–H and O–H groups in total. The molecular weight excluding hydrogens is 398 g/mol. The number of carbonyl (C=O) groups is 4. The lowest BCUT2D eigenvalue weighted by Crippen LogP contribution is -2.59. The second kappa shape index (κ2) is 10.6. The first-order valence-corrected chi connectivity index (χ1v) is 9.25. The average molecular weight is 425 g/mol. The van der Waals surface area contributed by atoms with Crippen LogP contribution in [0.1, 0.15) is 47.1 Å². The molecule has 0 aliphatic rings. The van der Waals surface area contributed by atoms with Crippen LogP contribution in [0.15, 0.2) is 18.2 Å². The number of ether oxygens (including phenoxy) is 4. The molecule has 0 unspecified atom stereocenters. The summed E-state index contributed by atoms with van der Waals surface area (Å²) >= 11 is 0. The van der Waals surface area contributed by atoms with E-state index < -0.39 is 35.9 Å². The second-order valence-corrected chi connectivity index (χ2v) is 7.10. The van der Waals surface area contributed by atoms with Gasteiger partial charge in [0.05, 0.1) is 6.10 Å². The number of hydrogen-bond acceptors (Lipinski definition) is 9. The van der Waals surface area contributed by atoms with E-state index in [-0.39, 0.29) is 24.0 Å². The van der Waals surface area contributed by atoms with E-state index in [2.05, 4.69) is 5.32 Å². The van der Waals surface area contributed by atoms with Crippen LogP contribution in [-0.4, -0.2) is 47.0 Å². The maximum atomic E-state index is 12.1. The summed E-state index contributed by atoms with van der Waals surface area (Å²) in [6.07, 6.45) is -2.00. The second-order valence-electron chi connectivity index (χ2n) is 7.10. The van der Waals surface area contributed by atoms with Crippen molar-refractivity contribution in [1.82, 2.24) is 5.32 Å². The zero-order chi connectivity index (χ0) is 23.1. The molecule has 0 spiro atoms. The Hall–Kier alpha value is -3.14. The molecule has 0 saturated heterocycles. The number of carbonyl (C=O) groups excluding carboxylic acids is 3. The predicted octanol–water partition coefficient (Wildman–Crippen LogP) is 2.42. The molecule has 0 aromatic heterocycles. The molecule has 1 aromatic carbocycles. The Labute approximate surface area is 174 Å². The van der Waals surface area contributed by atoms with Crippen molar-refractivity contribution in [3.05, 3.63) is 23.8 Å². The highest BCUT2D eigenvalue weighted by molar-refractivity contribution is 5.80. The molecular formula is C20H27NO9. The minimum Gasteiger partial charge on any atom is -0.477 e. The number of carboxylic acids is 1. The molecule has 166 valence electrons. The highest BCUT2D eigenvalue weighted by atomic mass is 16.7. The van der Waals surface area contributed by atoms with Gasteiger partial charge in [0, 0.05) is 26.3 Å². The number of esters is 2. The molecule has 0 amide bonds. The maximum Gasteiger partial charge on any atom is 0.510 e. The molecule has 0 saturated carbocycles. The van der Waals surface area contributed by atoms with E-state index in [1.807, 2.05) is 0 Å². The summed E-state index contributed by atoms with van der Waals surface area (Å²) in [5.41, 5.74) is -1.83. The van der Waals surface area contributed by atoms with Gasteiger partial charge in [-0.15, -0.1) is 0 Å². The van der Waals surface area contributed by atoms with Crippen LogP contribution in [0.2, 0.25) is 0 Å². The van der Waals surface area contributed by atoms with Crippen LogP contribution in [0.4, 0.5) is 4.79 Å². The van der Waals surface area contributed by atoms with Gasteiger partial charge in [-0.25, -0.2) is 9.59 Å². The molecule has 1 rings (SSSR count). The van der Waals surface area contributed by atoms with E-state index in [0.717, 1.165) is 6.92 Å². The lowest BCUT2D eigenvalue weighted by molar-refractivity contribution is -0.167. The van der Waals surface area contributed by atoms with Crippen molar-refractivity contribution < 1.29 is 43.2 Å². The monoisotopic (exact) mass is 425 g/mol. The molecule has 30 heavy (non-hydrogen) atoms. The highest BCUT2D eigenvalue weighted by Crippen LogP contribution is 2.31. The first kappa shape index (κ1) is 24.9. The first-order valence-electron chi connectivity index (χ1n) is 9.25. The van der Waals surface area contributed by atoms with Crippen molar-refractivity contribution in [2.75, 3.05) is 0 Å². The molecule has 1 atom stereocenters. The van der Waals surface area contributed by atoms with Gasteiger partial charge in [0.15, 0.2) is 11.5 Å². The fraction of sp³-hybridized carbons (Fsp3) is 0.500. The maximum absolute atomic E-state index is 12.1. The molecule has 1 aromatic rings. The average Bonchev–Trinajstić information content (AvgIpc) is 2.54. The number of benzene rings is 1. The standard InChI is InChI=1S/C20H27NO9/c1-11(2)21-20(18(24)25,30-19(26)27-12(3)4)10-15-7-8-16(28-13(5)22)17(9-15)29-14(6)23/h7-9,11-12,21H,10H2,1-6H3,(H,24,25)/t20-/m0/s1. The van der Waals surface area contributed by atoms with Gasteiger partial charge in [-0.1, -0.05) is 6.07 Å². The summed E-state index contributed by atoms with van der Waals surface area (Å²) in [6.45, 7) is 8.90. The molecule has 0 radical (unpaired) electrons. The van der Waals surface area contributed by atoms with Crippen LogP contribution in [0, 0.1) is 0 Å². The third kappa shape index (κ3) is 7.70. The Morgan fingerprint density at radius 1 is 1.00 bits per heavy atom. The van der Waals surface area contributed by atoms with E-state index in [0.29, 0.717) is 5.56 Å². The Morgan fingerprint density at radius 2 is 1.57 bits per heavy atom. The number of rotatable bonds is 9. The normalized spacial score (nSPS) is 12.8. The van der Waals surface area contributed by atoms with Crippen LogP contribution in [-0.2, 0) is 30.3 Å². The lowest BCUT2D eigenvalue weighted by atomic mass is 10.0. The zero-order valence-electron chi connectivity index (χ0n) is 17.8. The summed E-state index contributed by atoms with van der Waals surface area (Å²) in [4.78, 5) is 46.8. The van der Waals surface area contributed by atoms with Gasteiger partial charge in [-0.2, -0.15) is 0 Å². The minimum absolute atomic E-state index is 0.0145. The molecule has 10 heteroatoms. The summed E-state index contributed by atoms with van der Waals surface area (Å²) < 4.78 is 20.2.